The van der Waals surface area contributed by atoms with Crippen LogP contribution in [0.5, 0.6) is 0 Å². The molecule has 0 aliphatic carbocycles. The lowest BCUT2D eigenvalue weighted by Crippen LogP contribution is -2.29. The van der Waals surface area contributed by atoms with Gasteiger partial charge in [0, 0.05) is 37.0 Å². The molecule has 0 aromatic heterocycles. The summed E-state index contributed by atoms with van der Waals surface area (Å²) in [4.78, 5) is 22.1. The molecule has 1 aliphatic heterocycles. The minimum Gasteiger partial charge on any atom is -0.348 e. The van der Waals surface area contributed by atoms with E-state index in [9.17, 15) is 23.3 Å². The van der Waals surface area contributed by atoms with E-state index in [-0.39, 0.29) is 22.9 Å². The van der Waals surface area contributed by atoms with Crippen molar-refractivity contribution in [1.29, 1.82) is 0 Å². The molecule has 1 aliphatic rings. The standard InChI is InChI=1S/C14H17N3O5S.ClH/c1-23(21,22)13-7-11(6-12(8-13)17(19)20)14(18)16-9-10-2-4-15-5-3-10;/h2,6-8,15H,3-5,9H2,1H3,(H,16,18);1H. The van der Waals surface area contributed by atoms with E-state index in [4.69, 9.17) is 0 Å². The predicted molar refractivity (Wildman–Crippen MR) is 91.4 cm³/mol. The van der Waals surface area contributed by atoms with Crippen LogP contribution in [0.4, 0.5) is 5.69 Å². The quantitative estimate of drug-likeness (QED) is 0.451. The lowest BCUT2D eigenvalue weighted by atomic mass is 10.1. The molecular weight excluding hydrogens is 358 g/mol. The van der Waals surface area contributed by atoms with Crippen LogP contribution in [0.25, 0.3) is 0 Å². The predicted octanol–water partition coefficient (Wildman–Crippen LogP) is 1.07. The molecule has 1 heterocycles. The summed E-state index contributed by atoms with van der Waals surface area (Å²) in [5.74, 6) is -0.543. The van der Waals surface area contributed by atoms with Gasteiger partial charge >= 0.3 is 0 Å². The molecule has 0 saturated heterocycles. The highest BCUT2D eigenvalue weighted by molar-refractivity contribution is 7.90. The van der Waals surface area contributed by atoms with E-state index in [2.05, 4.69) is 10.6 Å². The van der Waals surface area contributed by atoms with E-state index >= 15 is 0 Å². The fourth-order valence-electron chi connectivity index (χ4n) is 2.16. The van der Waals surface area contributed by atoms with Gasteiger partial charge in [-0.3, -0.25) is 14.9 Å². The van der Waals surface area contributed by atoms with Gasteiger partial charge in [0.05, 0.1) is 9.82 Å². The second-order valence-electron chi connectivity index (χ2n) is 5.24. The van der Waals surface area contributed by atoms with Crippen molar-refractivity contribution in [2.45, 2.75) is 11.3 Å². The van der Waals surface area contributed by atoms with Crippen LogP contribution in [-0.4, -0.2) is 45.1 Å². The Hall–Kier alpha value is -1.97. The molecule has 0 unspecified atom stereocenters. The lowest BCUT2D eigenvalue weighted by Gasteiger charge is -2.14. The molecule has 24 heavy (non-hydrogen) atoms. The number of non-ortho nitro benzene ring substituents is 1. The van der Waals surface area contributed by atoms with Crippen molar-refractivity contribution < 1.29 is 18.1 Å². The van der Waals surface area contributed by atoms with Gasteiger partial charge in [0.15, 0.2) is 9.84 Å². The maximum Gasteiger partial charge on any atom is 0.271 e. The number of rotatable bonds is 5. The zero-order valence-electron chi connectivity index (χ0n) is 12.9. The molecule has 2 rings (SSSR count). The number of hydrogen-bond acceptors (Lipinski definition) is 6. The number of amides is 1. The summed E-state index contributed by atoms with van der Waals surface area (Å²) in [6.45, 7) is 1.90. The Morgan fingerprint density at radius 1 is 1.38 bits per heavy atom. The van der Waals surface area contributed by atoms with Gasteiger partial charge in [0.25, 0.3) is 11.6 Å². The zero-order valence-corrected chi connectivity index (χ0v) is 14.6. The number of sulfone groups is 1. The van der Waals surface area contributed by atoms with Gasteiger partial charge in [-0.05, 0) is 19.0 Å². The number of nitro benzene ring substituents is 1. The minimum atomic E-state index is -3.65. The third-order valence-electron chi connectivity index (χ3n) is 3.43. The molecule has 8 nitrogen and oxygen atoms in total. The van der Waals surface area contributed by atoms with Crippen molar-refractivity contribution in [3.63, 3.8) is 0 Å². The number of halogens is 1. The van der Waals surface area contributed by atoms with Crippen LogP contribution in [0.1, 0.15) is 16.8 Å². The molecule has 0 atom stereocenters. The summed E-state index contributed by atoms with van der Waals surface area (Å²) in [5, 5.41) is 16.7. The Labute approximate surface area is 145 Å². The molecule has 10 heteroatoms. The Morgan fingerprint density at radius 2 is 2.08 bits per heavy atom. The Bertz CT molecular complexity index is 777. The molecule has 2 N–H and O–H groups in total. The van der Waals surface area contributed by atoms with Gasteiger partial charge in [-0.1, -0.05) is 11.6 Å². The van der Waals surface area contributed by atoms with E-state index in [1.54, 1.807) is 0 Å². The van der Waals surface area contributed by atoms with Crippen LogP contribution in [0.3, 0.4) is 0 Å². The molecule has 0 bridgehead atoms. The van der Waals surface area contributed by atoms with Crippen molar-refractivity contribution in [2.75, 3.05) is 25.9 Å². The SMILES string of the molecule is CS(=O)(=O)c1cc(C(=O)NCC2=CCNCC2)cc([N+](=O)[O-])c1.Cl. The molecule has 1 amide bonds. The maximum atomic E-state index is 12.2. The number of nitrogens with zero attached hydrogens (tertiary/aromatic N) is 1. The fraction of sp³-hybridized carbons (Fsp3) is 0.357. The van der Waals surface area contributed by atoms with E-state index in [1.165, 1.54) is 0 Å². The average Bonchev–Trinajstić information content (AvgIpc) is 2.52. The fourth-order valence-corrected chi connectivity index (χ4v) is 2.84. The maximum absolute atomic E-state index is 12.2. The number of carbonyl (C=O) groups is 1. The first-order chi connectivity index (χ1) is 10.8. The van der Waals surface area contributed by atoms with Crippen LogP contribution < -0.4 is 10.6 Å². The molecule has 0 radical (unpaired) electrons. The van der Waals surface area contributed by atoms with Crippen LogP contribution in [0.2, 0.25) is 0 Å². The number of hydrogen-bond donors (Lipinski definition) is 2. The van der Waals surface area contributed by atoms with E-state index < -0.39 is 26.4 Å². The first kappa shape index (κ1) is 20.1. The first-order valence-corrected chi connectivity index (χ1v) is 8.83. The normalized spacial score (nSPS) is 14.3. The van der Waals surface area contributed by atoms with Gasteiger partial charge in [0.1, 0.15) is 0 Å². The van der Waals surface area contributed by atoms with Gasteiger partial charge in [0.2, 0.25) is 0 Å². The van der Waals surface area contributed by atoms with Crippen molar-refractivity contribution in [1.82, 2.24) is 10.6 Å². The topological polar surface area (TPSA) is 118 Å². The second kappa shape index (κ2) is 8.22. The molecule has 0 saturated carbocycles. The Kier molecular flexibility index (Phi) is 6.88. The Morgan fingerprint density at radius 3 is 2.62 bits per heavy atom. The molecular formula is C14H18ClN3O5S. The third kappa shape index (κ3) is 5.29. The monoisotopic (exact) mass is 375 g/mol. The molecule has 0 spiro atoms. The number of nitro groups is 1. The third-order valence-corrected chi connectivity index (χ3v) is 4.52. The van der Waals surface area contributed by atoms with Crippen LogP contribution >= 0.6 is 12.4 Å². The summed E-state index contributed by atoms with van der Waals surface area (Å²) >= 11 is 0. The average molecular weight is 376 g/mol. The summed E-state index contributed by atoms with van der Waals surface area (Å²) in [7, 11) is -3.65. The summed E-state index contributed by atoms with van der Waals surface area (Å²) < 4.78 is 23.2. The smallest absolute Gasteiger partial charge is 0.271 e. The van der Waals surface area contributed by atoms with Crippen molar-refractivity contribution in [3.8, 4) is 0 Å². The van der Waals surface area contributed by atoms with Gasteiger partial charge in [-0.25, -0.2) is 8.42 Å². The molecule has 1 aromatic rings. The number of benzene rings is 1. The van der Waals surface area contributed by atoms with Crippen LogP contribution in [-0.2, 0) is 9.84 Å². The summed E-state index contributed by atoms with van der Waals surface area (Å²) in [6, 6.07) is 3.16. The molecule has 132 valence electrons. The van der Waals surface area contributed by atoms with Gasteiger partial charge in [-0.15, -0.1) is 12.4 Å². The highest BCUT2D eigenvalue weighted by Crippen LogP contribution is 2.21. The van der Waals surface area contributed by atoms with Crippen molar-refractivity contribution >= 4 is 33.8 Å². The number of carbonyl (C=O) groups excluding carboxylic acids is 1. The highest BCUT2D eigenvalue weighted by Gasteiger charge is 2.19. The second-order valence-corrected chi connectivity index (χ2v) is 7.26. The summed E-state index contributed by atoms with van der Waals surface area (Å²) in [6.07, 6.45) is 3.72. The minimum absolute atomic E-state index is 0. The zero-order chi connectivity index (χ0) is 17.0. The molecule has 0 fully saturated rings. The van der Waals surface area contributed by atoms with E-state index in [0.717, 1.165) is 49.5 Å². The van der Waals surface area contributed by atoms with Crippen molar-refractivity contribution in [3.05, 3.63) is 45.5 Å². The van der Waals surface area contributed by atoms with Crippen LogP contribution in [0.15, 0.2) is 34.7 Å². The van der Waals surface area contributed by atoms with E-state index in [0.29, 0.717) is 6.54 Å². The summed E-state index contributed by atoms with van der Waals surface area (Å²) in [5.41, 5.74) is 0.583. The highest BCUT2D eigenvalue weighted by atomic mass is 35.5. The first-order valence-electron chi connectivity index (χ1n) is 6.94. The van der Waals surface area contributed by atoms with Gasteiger partial charge in [-0.2, -0.15) is 0 Å². The molecule has 1 aromatic carbocycles. The largest absolute Gasteiger partial charge is 0.348 e. The Balaban J connectivity index is 0.00000288. The van der Waals surface area contributed by atoms with Crippen molar-refractivity contribution in [2.24, 2.45) is 0 Å². The number of nitrogens with one attached hydrogen (secondary N) is 2. The lowest BCUT2D eigenvalue weighted by molar-refractivity contribution is -0.385. The van der Waals surface area contributed by atoms with Crippen LogP contribution in [0, 0.1) is 10.1 Å². The van der Waals surface area contributed by atoms with Gasteiger partial charge < -0.3 is 10.6 Å². The van der Waals surface area contributed by atoms with E-state index in [1.807, 2.05) is 6.08 Å².